The predicted molar refractivity (Wildman–Crippen MR) is 52.4 cm³/mol. The van der Waals surface area contributed by atoms with Crippen LogP contribution in [0.1, 0.15) is 18.9 Å². The van der Waals surface area contributed by atoms with Gasteiger partial charge in [0.05, 0.1) is 0 Å². The molecular formula is C10H16N2O. The van der Waals surface area contributed by atoms with Gasteiger partial charge in [0.25, 0.3) is 0 Å². The second-order valence-corrected chi connectivity index (χ2v) is 3.41. The first-order valence-electron chi connectivity index (χ1n) is 4.48. The number of rotatable bonds is 5. The predicted octanol–water partition coefficient (Wildman–Crippen LogP) is 1.43. The maximum absolute atomic E-state index is 10.7. The topological polar surface area (TPSA) is 36.1 Å². The summed E-state index contributed by atoms with van der Waals surface area (Å²) in [5, 5.41) is 0. The zero-order chi connectivity index (χ0) is 9.68. The van der Waals surface area contributed by atoms with E-state index in [9.17, 15) is 4.79 Å². The van der Waals surface area contributed by atoms with Crippen LogP contribution in [0.15, 0.2) is 18.5 Å². The van der Waals surface area contributed by atoms with E-state index in [2.05, 4.69) is 9.88 Å². The Labute approximate surface area is 78.8 Å². The van der Waals surface area contributed by atoms with E-state index in [1.54, 1.807) is 6.92 Å². The molecule has 0 fully saturated rings. The van der Waals surface area contributed by atoms with E-state index in [1.807, 2.05) is 25.5 Å². The minimum Gasteiger partial charge on any atom is -0.367 e. The van der Waals surface area contributed by atoms with Gasteiger partial charge in [0, 0.05) is 31.9 Å². The lowest BCUT2D eigenvalue weighted by Crippen LogP contribution is -2.20. The first-order chi connectivity index (χ1) is 6.18. The molecule has 0 radical (unpaired) electrons. The number of hydrogen-bond donors (Lipinski definition) is 1. The van der Waals surface area contributed by atoms with Crippen LogP contribution in [0.4, 0.5) is 0 Å². The van der Waals surface area contributed by atoms with Gasteiger partial charge in [0.2, 0.25) is 0 Å². The molecule has 0 atom stereocenters. The average molecular weight is 180 g/mol. The SMILES string of the molecule is CC(=O)CCN(C)Cc1cc[nH]c1. The summed E-state index contributed by atoms with van der Waals surface area (Å²) in [5.41, 5.74) is 1.26. The van der Waals surface area contributed by atoms with Gasteiger partial charge < -0.3 is 9.88 Å². The Bertz CT molecular complexity index is 254. The quantitative estimate of drug-likeness (QED) is 0.744. The standard InChI is InChI=1S/C10H16N2O/c1-9(13)4-6-12(2)8-10-3-5-11-7-10/h3,5,7,11H,4,6,8H2,1-2H3. The molecule has 1 aromatic heterocycles. The zero-order valence-electron chi connectivity index (χ0n) is 8.21. The molecule has 1 N–H and O–H groups in total. The molecule has 13 heavy (non-hydrogen) atoms. The highest BCUT2D eigenvalue weighted by atomic mass is 16.1. The van der Waals surface area contributed by atoms with Crippen LogP contribution >= 0.6 is 0 Å². The summed E-state index contributed by atoms with van der Waals surface area (Å²) in [4.78, 5) is 15.9. The smallest absolute Gasteiger partial charge is 0.131 e. The summed E-state index contributed by atoms with van der Waals surface area (Å²) >= 11 is 0. The van der Waals surface area contributed by atoms with E-state index < -0.39 is 0 Å². The van der Waals surface area contributed by atoms with Crippen molar-refractivity contribution in [2.45, 2.75) is 19.9 Å². The first-order valence-corrected chi connectivity index (χ1v) is 4.48. The van der Waals surface area contributed by atoms with E-state index >= 15 is 0 Å². The molecule has 0 aliphatic carbocycles. The second-order valence-electron chi connectivity index (χ2n) is 3.41. The van der Waals surface area contributed by atoms with Gasteiger partial charge in [-0.2, -0.15) is 0 Å². The first kappa shape index (κ1) is 9.99. The normalized spacial score (nSPS) is 10.7. The number of aromatic amines is 1. The summed E-state index contributed by atoms with van der Waals surface area (Å²) in [7, 11) is 2.02. The van der Waals surface area contributed by atoms with Gasteiger partial charge in [-0.25, -0.2) is 0 Å². The zero-order valence-corrected chi connectivity index (χ0v) is 8.21. The van der Waals surface area contributed by atoms with Gasteiger partial charge in [0.15, 0.2) is 0 Å². The fourth-order valence-corrected chi connectivity index (χ4v) is 1.20. The Hall–Kier alpha value is -1.09. The van der Waals surface area contributed by atoms with Gasteiger partial charge in [-0.15, -0.1) is 0 Å². The van der Waals surface area contributed by atoms with E-state index in [0.29, 0.717) is 6.42 Å². The van der Waals surface area contributed by atoms with Crippen LogP contribution in [0.25, 0.3) is 0 Å². The number of carbonyl (C=O) groups is 1. The highest BCUT2D eigenvalue weighted by Crippen LogP contribution is 2.01. The molecule has 0 bridgehead atoms. The van der Waals surface area contributed by atoms with E-state index in [-0.39, 0.29) is 5.78 Å². The number of aromatic nitrogens is 1. The second kappa shape index (κ2) is 4.82. The molecule has 3 nitrogen and oxygen atoms in total. The molecule has 0 aromatic carbocycles. The Kier molecular flexibility index (Phi) is 3.71. The molecule has 0 saturated heterocycles. The molecule has 72 valence electrons. The highest BCUT2D eigenvalue weighted by Gasteiger charge is 2.01. The molecule has 0 spiro atoms. The lowest BCUT2D eigenvalue weighted by Gasteiger charge is -2.14. The van der Waals surface area contributed by atoms with Crippen molar-refractivity contribution in [3.63, 3.8) is 0 Å². The molecule has 1 aromatic rings. The summed E-state index contributed by atoms with van der Waals surface area (Å²) in [6, 6.07) is 2.05. The molecule has 1 rings (SSSR count). The van der Waals surface area contributed by atoms with Crippen molar-refractivity contribution in [2.75, 3.05) is 13.6 Å². The molecule has 3 heteroatoms. The number of ketones is 1. The Morgan fingerprint density at radius 1 is 1.62 bits per heavy atom. The third kappa shape index (κ3) is 3.90. The number of nitrogens with one attached hydrogen (secondary N) is 1. The van der Waals surface area contributed by atoms with Crippen LogP contribution < -0.4 is 0 Å². The molecule has 0 unspecified atom stereocenters. The monoisotopic (exact) mass is 180 g/mol. The minimum atomic E-state index is 0.251. The number of H-pyrrole nitrogens is 1. The van der Waals surface area contributed by atoms with Crippen molar-refractivity contribution in [3.8, 4) is 0 Å². The van der Waals surface area contributed by atoms with Crippen LogP contribution in [0.5, 0.6) is 0 Å². The van der Waals surface area contributed by atoms with Crippen LogP contribution in [-0.4, -0.2) is 29.3 Å². The Morgan fingerprint density at radius 3 is 2.92 bits per heavy atom. The van der Waals surface area contributed by atoms with E-state index in [1.165, 1.54) is 5.56 Å². The van der Waals surface area contributed by atoms with Crippen molar-refractivity contribution in [3.05, 3.63) is 24.0 Å². The maximum atomic E-state index is 10.7. The number of Topliss-reactive ketones (excluding diaryl/α,β-unsaturated/α-hetero) is 1. The molecule has 1 heterocycles. The lowest BCUT2D eigenvalue weighted by atomic mass is 10.2. The number of carbonyl (C=O) groups excluding carboxylic acids is 1. The van der Waals surface area contributed by atoms with Crippen LogP contribution in [-0.2, 0) is 11.3 Å². The maximum Gasteiger partial charge on any atom is 0.131 e. The van der Waals surface area contributed by atoms with E-state index in [0.717, 1.165) is 13.1 Å². The van der Waals surface area contributed by atoms with Crippen LogP contribution in [0.2, 0.25) is 0 Å². The van der Waals surface area contributed by atoms with Crippen LogP contribution in [0.3, 0.4) is 0 Å². The third-order valence-electron chi connectivity index (χ3n) is 1.96. The fourth-order valence-electron chi connectivity index (χ4n) is 1.20. The molecule has 0 aliphatic rings. The molecule has 0 aliphatic heterocycles. The largest absolute Gasteiger partial charge is 0.367 e. The van der Waals surface area contributed by atoms with Crippen molar-refractivity contribution in [1.29, 1.82) is 0 Å². The van der Waals surface area contributed by atoms with Crippen molar-refractivity contribution >= 4 is 5.78 Å². The van der Waals surface area contributed by atoms with E-state index in [4.69, 9.17) is 0 Å². The number of hydrogen-bond acceptors (Lipinski definition) is 2. The van der Waals surface area contributed by atoms with Gasteiger partial charge >= 0.3 is 0 Å². The average Bonchev–Trinajstić information content (AvgIpc) is 2.53. The third-order valence-corrected chi connectivity index (χ3v) is 1.96. The van der Waals surface area contributed by atoms with Crippen molar-refractivity contribution < 1.29 is 4.79 Å². The summed E-state index contributed by atoms with van der Waals surface area (Å²) in [6.07, 6.45) is 4.53. The molecular weight excluding hydrogens is 164 g/mol. The summed E-state index contributed by atoms with van der Waals surface area (Å²) < 4.78 is 0. The Balaban J connectivity index is 2.25. The van der Waals surface area contributed by atoms with Gasteiger partial charge in [-0.1, -0.05) is 0 Å². The minimum absolute atomic E-state index is 0.251. The molecule has 0 amide bonds. The van der Waals surface area contributed by atoms with Gasteiger partial charge in [-0.3, -0.25) is 4.79 Å². The lowest BCUT2D eigenvalue weighted by molar-refractivity contribution is -0.117. The Morgan fingerprint density at radius 2 is 2.38 bits per heavy atom. The molecule has 0 saturated carbocycles. The van der Waals surface area contributed by atoms with Crippen LogP contribution in [0, 0.1) is 0 Å². The van der Waals surface area contributed by atoms with Gasteiger partial charge in [-0.05, 0) is 25.6 Å². The van der Waals surface area contributed by atoms with Crippen molar-refractivity contribution in [2.24, 2.45) is 0 Å². The summed E-state index contributed by atoms with van der Waals surface area (Å²) in [6.45, 7) is 3.36. The fraction of sp³-hybridized carbons (Fsp3) is 0.500. The highest BCUT2D eigenvalue weighted by molar-refractivity contribution is 5.75. The van der Waals surface area contributed by atoms with Crippen molar-refractivity contribution in [1.82, 2.24) is 9.88 Å². The van der Waals surface area contributed by atoms with Gasteiger partial charge in [0.1, 0.15) is 5.78 Å². The summed E-state index contributed by atoms with van der Waals surface area (Å²) in [5.74, 6) is 0.251. The number of nitrogens with zero attached hydrogens (tertiary/aromatic N) is 1.